The van der Waals surface area contributed by atoms with Crippen LogP contribution in [0.5, 0.6) is 0 Å². The minimum atomic E-state index is -3.88. The van der Waals surface area contributed by atoms with Crippen molar-refractivity contribution in [1.29, 1.82) is 0 Å². The van der Waals surface area contributed by atoms with Crippen LogP contribution in [0.4, 0.5) is 4.39 Å². The van der Waals surface area contributed by atoms with Gasteiger partial charge in [0.25, 0.3) is 0 Å². The van der Waals surface area contributed by atoms with Gasteiger partial charge in [-0.15, -0.1) is 6.58 Å². The van der Waals surface area contributed by atoms with E-state index < -0.39 is 21.1 Å². The molecule has 27 heavy (non-hydrogen) atoms. The van der Waals surface area contributed by atoms with Gasteiger partial charge in [-0.05, 0) is 42.4 Å². The van der Waals surface area contributed by atoms with Crippen molar-refractivity contribution >= 4 is 10.0 Å². The second-order valence-electron chi connectivity index (χ2n) is 6.06. The zero-order chi connectivity index (χ0) is 19.4. The first kappa shape index (κ1) is 19.0. The topological polar surface area (TPSA) is 64.0 Å². The summed E-state index contributed by atoms with van der Waals surface area (Å²) in [5, 5.41) is 2.02. The summed E-state index contributed by atoms with van der Waals surface area (Å²) in [6, 6.07) is 11.0. The minimum absolute atomic E-state index is 0.399. The molecule has 140 valence electrons. The molecule has 0 saturated carbocycles. The number of benzene rings is 1. The van der Waals surface area contributed by atoms with Gasteiger partial charge in [-0.3, -0.25) is 4.98 Å². The van der Waals surface area contributed by atoms with Crippen LogP contribution in [0.15, 0.2) is 73.7 Å². The molecule has 1 atom stereocenters. The summed E-state index contributed by atoms with van der Waals surface area (Å²) in [5.41, 5.74) is 2.17. The third-order valence-electron chi connectivity index (χ3n) is 4.17. The predicted molar refractivity (Wildman–Crippen MR) is 104 cm³/mol. The number of hydrogen-bond acceptors (Lipinski definition) is 4. The monoisotopic (exact) mass is 385 g/mol. The zero-order valence-electron chi connectivity index (χ0n) is 14.8. The van der Waals surface area contributed by atoms with Crippen LogP contribution in [-0.2, 0) is 16.6 Å². The third-order valence-corrected chi connectivity index (χ3v) is 6.12. The lowest BCUT2D eigenvalue weighted by atomic mass is 10.1. The SMILES string of the molecule is C=CC(c1cccnc1)S(=O)(=O)n1cc(CNC)cc1-c1cccc(F)c1. The molecule has 0 saturated heterocycles. The highest BCUT2D eigenvalue weighted by atomic mass is 32.2. The van der Waals surface area contributed by atoms with Gasteiger partial charge >= 0.3 is 0 Å². The Bertz CT molecular complexity index is 1050. The molecule has 0 radical (unpaired) electrons. The molecule has 1 N–H and O–H groups in total. The van der Waals surface area contributed by atoms with Crippen molar-refractivity contribution in [2.24, 2.45) is 0 Å². The smallest absolute Gasteiger partial charge is 0.249 e. The number of aromatic nitrogens is 2. The second kappa shape index (κ2) is 7.85. The van der Waals surface area contributed by atoms with E-state index in [-0.39, 0.29) is 0 Å². The van der Waals surface area contributed by atoms with Gasteiger partial charge in [-0.2, -0.15) is 0 Å². The molecular formula is C20H20FN3O2S. The second-order valence-corrected chi connectivity index (χ2v) is 7.99. The fraction of sp³-hybridized carbons (Fsp3) is 0.150. The molecule has 2 heterocycles. The summed E-state index contributed by atoms with van der Waals surface area (Å²) in [5.74, 6) is -0.430. The summed E-state index contributed by atoms with van der Waals surface area (Å²) in [7, 11) is -2.11. The van der Waals surface area contributed by atoms with Crippen LogP contribution in [-0.4, -0.2) is 24.4 Å². The van der Waals surface area contributed by atoms with E-state index in [0.717, 1.165) is 5.56 Å². The number of rotatable bonds is 7. The van der Waals surface area contributed by atoms with Crippen molar-refractivity contribution in [3.05, 3.63) is 90.7 Å². The van der Waals surface area contributed by atoms with Crippen molar-refractivity contribution in [3.63, 3.8) is 0 Å². The summed E-state index contributed by atoms with van der Waals surface area (Å²) >= 11 is 0. The molecule has 3 aromatic rings. The Morgan fingerprint density at radius 1 is 1.30 bits per heavy atom. The van der Waals surface area contributed by atoms with Crippen LogP contribution in [0.2, 0.25) is 0 Å². The first-order valence-corrected chi connectivity index (χ1v) is 9.86. The van der Waals surface area contributed by atoms with Crippen molar-refractivity contribution < 1.29 is 12.8 Å². The third kappa shape index (κ3) is 3.84. The van der Waals surface area contributed by atoms with Gasteiger partial charge in [0.15, 0.2) is 0 Å². The molecule has 5 nitrogen and oxygen atoms in total. The summed E-state index contributed by atoms with van der Waals surface area (Å²) < 4.78 is 41.8. The van der Waals surface area contributed by atoms with E-state index in [9.17, 15) is 12.8 Å². The predicted octanol–water partition coefficient (Wildman–Crippen LogP) is 3.51. The van der Waals surface area contributed by atoms with Crippen molar-refractivity contribution in [2.45, 2.75) is 11.8 Å². The van der Waals surface area contributed by atoms with Crippen LogP contribution >= 0.6 is 0 Å². The average Bonchev–Trinajstić information content (AvgIpc) is 3.08. The highest BCUT2D eigenvalue weighted by Crippen LogP contribution is 2.31. The van der Waals surface area contributed by atoms with E-state index in [1.54, 1.807) is 49.8 Å². The van der Waals surface area contributed by atoms with Crippen LogP contribution in [0.1, 0.15) is 16.4 Å². The molecule has 2 aromatic heterocycles. The molecule has 0 spiro atoms. The van der Waals surface area contributed by atoms with E-state index in [1.165, 1.54) is 28.4 Å². The van der Waals surface area contributed by atoms with Crippen molar-refractivity contribution in [3.8, 4) is 11.3 Å². The van der Waals surface area contributed by atoms with Gasteiger partial charge in [-0.25, -0.2) is 16.8 Å². The number of halogens is 1. The van der Waals surface area contributed by atoms with Gasteiger partial charge in [0.2, 0.25) is 10.0 Å². The lowest BCUT2D eigenvalue weighted by molar-refractivity contribution is 0.581. The van der Waals surface area contributed by atoms with E-state index >= 15 is 0 Å². The van der Waals surface area contributed by atoms with E-state index in [0.29, 0.717) is 23.4 Å². The van der Waals surface area contributed by atoms with E-state index in [2.05, 4.69) is 16.9 Å². The van der Waals surface area contributed by atoms with Gasteiger partial charge in [0, 0.05) is 30.7 Å². The molecule has 0 aliphatic rings. The van der Waals surface area contributed by atoms with Gasteiger partial charge in [-0.1, -0.05) is 24.3 Å². The van der Waals surface area contributed by atoms with Gasteiger partial charge in [0.1, 0.15) is 11.1 Å². The highest BCUT2D eigenvalue weighted by Gasteiger charge is 2.29. The number of pyridine rings is 1. The summed E-state index contributed by atoms with van der Waals surface area (Å²) in [6.45, 7) is 4.18. The summed E-state index contributed by atoms with van der Waals surface area (Å²) in [4.78, 5) is 4.01. The fourth-order valence-electron chi connectivity index (χ4n) is 2.96. The molecular weight excluding hydrogens is 365 g/mol. The molecule has 3 rings (SSSR count). The molecule has 0 fully saturated rings. The summed E-state index contributed by atoms with van der Waals surface area (Å²) in [6.07, 6.45) is 6.01. The van der Waals surface area contributed by atoms with Gasteiger partial charge in [0.05, 0.1) is 5.69 Å². The maximum Gasteiger partial charge on any atom is 0.249 e. The molecule has 0 bridgehead atoms. The first-order valence-electron chi connectivity index (χ1n) is 8.36. The zero-order valence-corrected chi connectivity index (χ0v) is 15.7. The largest absolute Gasteiger partial charge is 0.316 e. The Balaban J connectivity index is 2.18. The Labute approximate surface area is 158 Å². The average molecular weight is 385 g/mol. The Kier molecular flexibility index (Phi) is 5.53. The Hall–Kier alpha value is -2.77. The Morgan fingerprint density at radius 2 is 2.11 bits per heavy atom. The van der Waals surface area contributed by atoms with Crippen LogP contribution in [0, 0.1) is 5.82 Å². The molecule has 0 aliphatic heterocycles. The minimum Gasteiger partial charge on any atom is -0.316 e. The van der Waals surface area contributed by atoms with E-state index in [4.69, 9.17) is 0 Å². The highest BCUT2D eigenvalue weighted by molar-refractivity contribution is 7.90. The lowest BCUT2D eigenvalue weighted by Crippen LogP contribution is -2.20. The van der Waals surface area contributed by atoms with Crippen LogP contribution in [0.3, 0.4) is 0 Å². The molecule has 1 aromatic carbocycles. The van der Waals surface area contributed by atoms with Crippen molar-refractivity contribution in [2.75, 3.05) is 7.05 Å². The molecule has 0 aliphatic carbocycles. The Morgan fingerprint density at radius 3 is 2.74 bits per heavy atom. The first-order chi connectivity index (χ1) is 13.0. The lowest BCUT2D eigenvalue weighted by Gasteiger charge is -2.17. The van der Waals surface area contributed by atoms with E-state index in [1.807, 2.05) is 0 Å². The molecule has 1 unspecified atom stereocenters. The van der Waals surface area contributed by atoms with Crippen LogP contribution in [0.25, 0.3) is 11.3 Å². The van der Waals surface area contributed by atoms with Crippen molar-refractivity contribution in [1.82, 2.24) is 14.3 Å². The number of nitrogens with one attached hydrogen (secondary N) is 1. The molecule has 0 amide bonds. The fourth-order valence-corrected chi connectivity index (χ4v) is 4.65. The van der Waals surface area contributed by atoms with Crippen LogP contribution < -0.4 is 5.32 Å². The standard InChI is InChI=1S/C20H20FN3O2S/c1-3-20(17-7-5-9-23-13-17)27(25,26)24-14-15(12-22-2)10-19(24)16-6-4-8-18(21)11-16/h3-11,13-14,20,22H,1,12H2,2H3. The maximum atomic E-state index is 13.7. The molecule has 7 heteroatoms. The number of hydrogen-bond donors (Lipinski definition) is 1. The maximum absolute atomic E-state index is 13.7. The normalized spacial score (nSPS) is 12.7. The quantitative estimate of drug-likeness (QED) is 0.632. The van der Waals surface area contributed by atoms with Gasteiger partial charge < -0.3 is 5.32 Å². The number of nitrogens with zero attached hydrogens (tertiary/aromatic N) is 2.